The van der Waals surface area contributed by atoms with Gasteiger partial charge in [0.05, 0.1) is 29.8 Å². The molecule has 162 valence electrons. The van der Waals surface area contributed by atoms with Gasteiger partial charge in [0, 0.05) is 12.6 Å². The van der Waals surface area contributed by atoms with Crippen molar-refractivity contribution in [2.75, 3.05) is 13.2 Å². The van der Waals surface area contributed by atoms with E-state index in [4.69, 9.17) is 4.74 Å². The van der Waals surface area contributed by atoms with Crippen LogP contribution in [0, 0.1) is 5.82 Å². The molecule has 2 aromatic heterocycles. The van der Waals surface area contributed by atoms with Crippen molar-refractivity contribution in [3.8, 4) is 5.13 Å². The molecule has 0 unspecified atom stereocenters. The van der Waals surface area contributed by atoms with Crippen molar-refractivity contribution in [3.63, 3.8) is 0 Å². The summed E-state index contributed by atoms with van der Waals surface area (Å²) in [6.07, 6.45) is -2.88. The summed E-state index contributed by atoms with van der Waals surface area (Å²) in [5.74, 6) is -1.05. The Kier molecular flexibility index (Phi) is 4.99. The highest BCUT2D eigenvalue weighted by Crippen LogP contribution is 2.29. The average Bonchev–Trinajstić information content (AvgIpc) is 3.21. The van der Waals surface area contributed by atoms with Crippen LogP contribution in [0.2, 0.25) is 0 Å². The Bertz CT molecular complexity index is 1290. The number of fused-ring (bicyclic) bond motifs is 1. The van der Waals surface area contributed by atoms with E-state index in [1.165, 1.54) is 4.57 Å². The summed E-state index contributed by atoms with van der Waals surface area (Å²) < 4.78 is 75.7. The van der Waals surface area contributed by atoms with E-state index in [1.807, 2.05) is 0 Å². The van der Waals surface area contributed by atoms with Gasteiger partial charge < -0.3 is 4.74 Å². The number of halogens is 3. The van der Waals surface area contributed by atoms with Crippen LogP contribution < -0.4 is 10.4 Å². The van der Waals surface area contributed by atoms with Gasteiger partial charge in [0.15, 0.2) is 5.01 Å². The second-order valence-electron chi connectivity index (χ2n) is 7.02. The molecule has 0 aliphatic carbocycles. The third-order valence-electron chi connectivity index (χ3n) is 4.62. The van der Waals surface area contributed by atoms with Gasteiger partial charge in [0.25, 0.3) is 6.43 Å². The summed E-state index contributed by atoms with van der Waals surface area (Å²) >= 11 is 0.489. The van der Waals surface area contributed by atoms with Gasteiger partial charge in [-0.3, -0.25) is 4.57 Å². The number of sulfonamides is 1. The first kappa shape index (κ1) is 21.0. The molecular weight excluding hydrogens is 447 g/mol. The number of aryl methyl sites for hydroxylation is 1. The molecule has 1 aliphatic heterocycles. The largest absolute Gasteiger partial charge is 0.377 e. The second kappa shape index (κ2) is 7.14. The summed E-state index contributed by atoms with van der Waals surface area (Å²) in [6, 6.07) is 1.92. The summed E-state index contributed by atoms with van der Waals surface area (Å²) in [4.78, 5) is 12.2. The smallest absolute Gasteiger partial charge is 0.335 e. The van der Waals surface area contributed by atoms with Crippen molar-refractivity contribution in [3.05, 3.63) is 33.4 Å². The highest BCUT2D eigenvalue weighted by Gasteiger charge is 2.39. The van der Waals surface area contributed by atoms with Crippen LogP contribution in [0.25, 0.3) is 16.2 Å². The van der Waals surface area contributed by atoms with Crippen molar-refractivity contribution >= 4 is 32.4 Å². The molecule has 1 fully saturated rings. The number of imidazole rings is 1. The molecule has 3 heterocycles. The Morgan fingerprint density at radius 2 is 2.00 bits per heavy atom. The maximum absolute atomic E-state index is 14.8. The Hall–Kier alpha value is -2.29. The second-order valence-corrected chi connectivity index (χ2v) is 9.65. The summed E-state index contributed by atoms with van der Waals surface area (Å²) in [7, 11) is -4.30. The molecule has 0 bridgehead atoms. The van der Waals surface area contributed by atoms with Gasteiger partial charge in [0.1, 0.15) is 10.7 Å². The first-order valence-corrected chi connectivity index (χ1v) is 11.0. The predicted molar refractivity (Wildman–Crippen MR) is 101 cm³/mol. The lowest BCUT2D eigenvalue weighted by Crippen LogP contribution is -2.59. The third kappa shape index (κ3) is 3.33. The minimum absolute atomic E-state index is 0.00982. The Balaban J connectivity index is 1.93. The molecule has 1 aliphatic rings. The van der Waals surface area contributed by atoms with E-state index < -0.39 is 43.4 Å². The van der Waals surface area contributed by atoms with Crippen LogP contribution in [-0.4, -0.2) is 46.5 Å². The van der Waals surface area contributed by atoms with Crippen LogP contribution in [0.15, 0.2) is 21.8 Å². The predicted octanol–water partition coefficient (Wildman–Crippen LogP) is 1.81. The summed E-state index contributed by atoms with van der Waals surface area (Å²) in [5.41, 5.74) is -1.44. The first-order valence-electron chi connectivity index (χ1n) is 8.75. The van der Waals surface area contributed by atoms with Crippen LogP contribution >= 0.6 is 11.3 Å². The zero-order chi connectivity index (χ0) is 21.8. The van der Waals surface area contributed by atoms with Gasteiger partial charge >= 0.3 is 5.69 Å². The van der Waals surface area contributed by atoms with Crippen molar-refractivity contribution in [2.24, 2.45) is 0 Å². The number of alkyl halides is 2. The number of benzene rings is 1. The number of rotatable bonds is 6. The van der Waals surface area contributed by atoms with E-state index >= 15 is 0 Å². The highest BCUT2D eigenvalue weighted by molar-refractivity contribution is 7.89. The fourth-order valence-electron chi connectivity index (χ4n) is 3.20. The van der Waals surface area contributed by atoms with E-state index in [-0.39, 0.29) is 35.9 Å². The van der Waals surface area contributed by atoms with E-state index in [9.17, 15) is 26.4 Å². The zero-order valence-electron chi connectivity index (χ0n) is 15.7. The summed E-state index contributed by atoms with van der Waals surface area (Å²) in [6.45, 7) is 3.66. The van der Waals surface area contributed by atoms with Gasteiger partial charge in [-0.05, 0) is 19.9 Å². The molecule has 0 saturated carbocycles. The van der Waals surface area contributed by atoms with Gasteiger partial charge in [-0.25, -0.2) is 35.7 Å². The minimum atomic E-state index is -4.30. The van der Waals surface area contributed by atoms with Crippen molar-refractivity contribution < 1.29 is 26.3 Å². The maximum atomic E-state index is 14.8. The lowest BCUT2D eigenvalue weighted by atomic mass is 10.0. The molecule has 9 nitrogen and oxygen atoms in total. The zero-order valence-corrected chi connectivity index (χ0v) is 17.4. The highest BCUT2D eigenvalue weighted by atomic mass is 32.2. The number of aromatic nitrogens is 4. The SMILES string of the molecule is CCn1c(=O)n(-c2nnc(C(F)F)s2)c2cc(S(=O)(=O)NC3(C)COC3)c(F)cc21. The normalized spacial score (nSPS) is 16.3. The molecule has 3 aromatic rings. The number of ether oxygens (including phenoxy) is 1. The molecule has 14 heteroatoms. The number of hydrogen-bond acceptors (Lipinski definition) is 7. The topological polar surface area (TPSA) is 108 Å². The molecule has 1 N–H and O–H groups in total. The van der Waals surface area contributed by atoms with E-state index in [0.29, 0.717) is 11.3 Å². The van der Waals surface area contributed by atoms with Crippen molar-refractivity contribution in [1.82, 2.24) is 24.1 Å². The van der Waals surface area contributed by atoms with Gasteiger partial charge in [-0.15, -0.1) is 10.2 Å². The molecule has 30 heavy (non-hydrogen) atoms. The molecule has 0 amide bonds. The van der Waals surface area contributed by atoms with Crippen LogP contribution in [0.3, 0.4) is 0 Å². The van der Waals surface area contributed by atoms with Crippen LogP contribution in [0.4, 0.5) is 13.2 Å². The van der Waals surface area contributed by atoms with Crippen molar-refractivity contribution in [2.45, 2.75) is 37.3 Å². The average molecular weight is 463 g/mol. The minimum Gasteiger partial charge on any atom is -0.377 e. The third-order valence-corrected chi connectivity index (χ3v) is 7.19. The quantitative estimate of drug-likeness (QED) is 0.597. The standard InChI is InChI=1S/C16H16F3N5O4S2/c1-3-23-9-4-8(17)11(30(26,27)22-16(2)6-28-7-16)5-10(9)24(15(23)25)14-21-20-13(29-14)12(18)19/h4-5,12,22H,3,6-7H2,1-2H3. The molecular formula is C16H16F3N5O4S2. The lowest BCUT2D eigenvalue weighted by Gasteiger charge is -2.38. The fraction of sp³-hybridized carbons (Fsp3) is 0.438. The fourth-order valence-corrected chi connectivity index (χ4v) is 5.37. The van der Waals surface area contributed by atoms with Gasteiger partial charge in [0.2, 0.25) is 15.2 Å². The van der Waals surface area contributed by atoms with Crippen LogP contribution in [0.1, 0.15) is 25.3 Å². The summed E-state index contributed by atoms with van der Waals surface area (Å²) in [5, 5.41) is 6.22. The van der Waals surface area contributed by atoms with Crippen molar-refractivity contribution in [1.29, 1.82) is 0 Å². The van der Waals surface area contributed by atoms with Crippen LogP contribution in [0.5, 0.6) is 0 Å². The maximum Gasteiger partial charge on any atom is 0.335 e. The van der Waals surface area contributed by atoms with E-state index in [0.717, 1.165) is 16.7 Å². The van der Waals surface area contributed by atoms with E-state index in [1.54, 1.807) is 13.8 Å². The number of nitrogens with one attached hydrogen (secondary N) is 1. The Morgan fingerprint density at radius 3 is 2.53 bits per heavy atom. The number of hydrogen-bond donors (Lipinski definition) is 1. The van der Waals surface area contributed by atoms with Crippen LogP contribution in [-0.2, 0) is 21.3 Å². The van der Waals surface area contributed by atoms with Gasteiger partial charge in [-0.2, -0.15) is 0 Å². The molecule has 0 radical (unpaired) electrons. The first-order chi connectivity index (χ1) is 14.1. The lowest BCUT2D eigenvalue weighted by molar-refractivity contribution is -0.0523. The molecule has 4 rings (SSSR count). The van der Waals surface area contributed by atoms with Gasteiger partial charge in [-0.1, -0.05) is 11.3 Å². The molecule has 0 spiro atoms. The molecule has 0 atom stereocenters. The molecule has 1 saturated heterocycles. The monoisotopic (exact) mass is 463 g/mol. The number of nitrogens with zero attached hydrogens (tertiary/aromatic N) is 4. The Labute approximate surface area is 172 Å². The Morgan fingerprint density at radius 1 is 1.30 bits per heavy atom. The van der Waals surface area contributed by atoms with E-state index in [2.05, 4.69) is 14.9 Å². The molecule has 1 aromatic carbocycles.